The number of nitrogens with two attached hydrogens (primary N) is 1. The lowest BCUT2D eigenvalue weighted by Crippen LogP contribution is -1.90. The van der Waals surface area contributed by atoms with Crippen molar-refractivity contribution in [3.63, 3.8) is 0 Å². The highest BCUT2D eigenvalue weighted by Crippen LogP contribution is 2.31. The van der Waals surface area contributed by atoms with E-state index in [-0.39, 0.29) is 5.69 Å². The monoisotopic (exact) mass is 209 g/mol. The van der Waals surface area contributed by atoms with E-state index in [9.17, 15) is 10.1 Å². The Labute approximate surface area is 83.3 Å². The topological polar surface area (TPSA) is 82.0 Å². The van der Waals surface area contributed by atoms with Gasteiger partial charge in [-0.2, -0.15) is 0 Å². The predicted octanol–water partition coefficient (Wildman–Crippen LogP) is 2.10. The van der Waals surface area contributed by atoms with Crippen LogP contribution in [0.2, 0.25) is 0 Å². The molecule has 0 amide bonds. The van der Waals surface area contributed by atoms with E-state index in [1.54, 1.807) is 0 Å². The summed E-state index contributed by atoms with van der Waals surface area (Å²) in [4.78, 5) is 14.2. The van der Waals surface area contributed by atoms with Gasteiger partial charge in [-0.25, -0.2) is 4.98 Å². The number of anilines is 1. The zero-order valence-corrected chi connectivity index (χ0v) is 8.17. The van der Waals surface area contributed by atoms with Crippen LogP contribution in [0.15, 0.2) is 12.1 Å². The number of aryl methyl sites for hydroxylation is 1. The van der Waals surface area contributed by atoms with E-state index in [0.29, 0.717) is 10.6 Å². The van der Waals surface area contributed by atoms with Gasteiger partial charge in [0.1, 0.15) is 0 Å². The molecule has 5 nitrogen and oxygen atoms in total. The molecule has 0 fully saturated rings. The first kappa shape index (κ1) is 8.89. The summed E-state index contributed by atoms with van der Waals surface area (Å²) >= 11 is 1.26. The summed E-state index contributed by atoms with van der Waals surface area (Å²) in [6, 6.07) is 3.35. The molecule has 0 aliphatic rings. The molecule has 0 atom stereocenters. The lowest BCUT2D eigenvalue weighted by Gasteiger charge is -1.94. The highest BCUT2D eigenvalue weighted by atomic mass is 32.1. The molecule has 0 bridgehead atoms. The minimum atomic E-state index is -0.436. The van der Waals surface area contributed by atoms with E-state index in [2.05, 4.69) is 4.98 Å². The van der Waals surface area contributed by atoms with Gasteiger partial charge >= 0.3 is 0 Å². The molecule has 0 aliphatic carbocycles. The minimum absolute atomic E-state index is 0.0213. The number of aromatic nitrogens is 1. The Balaban J connectivity index is 2.85. The summed E-state index contributed by atoms with van der Waals surface area (Å²) in [7, 11) is 0. The van der Waals surface area contributed by atoms with Gasteiger partial charge in [-0.1, -0.05) is 11.3 Å². The second-order valence-electron chi connectivity index (χ2n) is 2.94. The van der Waals surface area contributed by atoms with E-state index in [4.69, 9.17) is 5.73 Å². The Morgan fingerprint density at radius 3 is 2.93 bits per heavy atom. The third-order valence-corrected chi connectivity index (χ3v) is 2.66. The van der Waals surface area contributed by atoms with Gasteiger partial charge in [-0.3, -0.25) is 10.1 Å². The summed E-state index contributed by atoms with van der Waals surface area (Å²) in [6.07, 6.45) is 0. The lowest BCUT2D eigenvalue weighted by molar-refractivity contribution is -0.383. The van der Waals surface area contributed by atoms with E-state index >= 15 is 0 Å². The van der Waals surface area contributed by atoms with Gasteiger partial charge in [0.2, 0.25) is 0 Å². The van der Waals surface area contributed by atoms with Crippen LogP contribution in [0, 0.1) is 17.0 Å². The predicted molar refractivity (Wildman–Crippen MR) is 55.4 cm³/mol. The largest absolute Gasteiger partial charge is 0.375 e. The van der Waals surface area contributed by atoms with E-state index < -0.39 is 4.92 Å². The van der Waals surface area contributed by atoms with Crippen molar-refractivity contribution in [2.24, 2.45) is 0 Å². The van der Waals surface area contributed by atoms with Crippen LogP contribution in [0.3, 0.4) is 0 Å². The summed E-state index contributed by atoms with van der Waals surface area (Å²) in [5.74, 6) is 0. The fraction of sp³-hybridized carbons (Fsp3) is 0.125. The molecule has 0 saturated carbocycles. The molecule has 6 heteroatoms. The molecule has 0 spiro atoms. The summed E-state index contributed by atoms with van der Waals surface area (Å²) < 4.78 is 0.759. The van der Waals surface area contributed by atoms with Gasteiger partial charge < -0.3 is 5.73 Å². The van der Waals surface area contributed by atoms with E-state index in [1.165, 1.54) is 17.4 Å². The molecule has 2 aromatic rings. The fourth-order valence-corrected chi connectivity index (χ4v) is 2.16. The van der Waals surface area contributed by atoms with Crippen LogP contribution >= 0.6 is 11.3 Å². The number of fused-ring (bicyclic) bond motifs is 1. The van der Waals surface area contributed by atoms with E-state index in [1.807, 2.05) is 13.0 Å². The molecule has 2 N–H and O–H groups in total. The average Bonchev–Trinajstić information content (AvgIpc) is 2.42. The second kappa shape index (κ2) is 2.91. The van der Waals surface area contributed by atoms with Gasteiger partial charge in [0, 0.05) is 6.07 Å². The SMILES string of the molecule is Cc1cc([N+](=O)[O-])c2nc(N)sc2c1. The molecule has 1 aromatic carbocycles. The van der Waals surface area contributed by atoms with Crippen molar-refractivity contribution in [2.75, 3.05) is 5.73 Å². The van der Waals surface area contributed by atoms with Crippen LogP contribution in [-0.2, 0) is 0 Å². The average molecular weight is 209 g/mol. The van der Waals surface area contributed by atoms with Crippen LogP contribution in [0.25, 0.3) is 10.2 Å². The Morgan fingerprint density at radius 1 is 1.57 bits per heavy atom. The number of rotatable bonds is 1. The number of benzene rings is 1. The van der Waals surface area contributed by atoms with Crippen LogP contribution < -0.4 is 5.73 Å². The molecular formula is C8H7N3O2S. The molecule has 14 heavy (non-hydrogen) atoms. The Kier molecular flexibility index (Phi) is 1.85. The third kappa shape index (κ3) is 1.29. The maximum atomic E-state index is 10.7. The first-order valence-corrected chi connectivity index (χ1v) is 4.70. The lowest BCUT2D eigenvalue weighted by atomic mass is 10.2. The van der Waals surface area contributed by atoms with Crippen molar-refractivity contribution in [1.29, 1.82) is 0 Å². The van der Waals surface area contributed by atoms with Crippen LogP contribution in [-0.4, -0.2) is 9.91 Å². The summed E-state index contributed by atoms with van der Waals surface area (Å²) in [5, 5.41) is 11.1. The first-order chi connectivity index (χ1) is 6.58. The maximum Gasteiger partial charge on any atom is 0.296 e. The number of non-ortho nitro benzene ring substituents is 1. The molecule has 1 heterocycles. The number of thiazole rings is 1. The minimum Gasteiger partial charge on any atom is -0.375 e. The van der Waals surface area contributed by atoms with Crippen molar-refractivity contribution in [2.45, 2.75) is 6.92 Å². The summed E-state index contributed by atoms with van der Waals surface area (Å²) in [5.41, 5.74) is 6.73. The number of hydrogen-bond acceptors (Lipinski definition) is 5. The summed E-state index contributed by atoms with van der Waals surface area (Å²) in [6.45, 7) is 1.81. The molecule has 2 rings (SSSR count). The second-order valence-corrected chi connectivity index (χ2v) is 4.00. The maximum absolute atomic E-state index is 10.7. The van der Waals surface area contributed by atoms with Crippen molar-refractivity contribution in [1.82, 2.24) is 4.98 Å². The molecule has 0 unspecified atom stereocenters. The van der Waals surface area contributed by atoms with Gasteiger partial charge in [0.15, 0.2) is 10.6 Å². The molecule has 1 aromatic heterocycles. The standard InChI is InChI=1S/C8H7N3O2S/c1-4-2-5(11(12)13)7-6(3-4)14-8(9)10-7/h2-3H,1H3,(H2,9,10). The molecular weight excluding hydrogens is 202 g/mol. The van der Waals surface area contributed by atoms with Gasteiger partial charge in [0.25, 0.3) is 5.69 Å². The Morgan fingerprint density at radius 2 is 2.29 bits per heavy atom. The van der Waals surface area contributed by atoms with E-state index in [0.717, 1.165) is 10.3 Å². The smallest absolute Gasteiger partial charge is 0.296 e. The Bertz CT molecular complexity index is 521. The Hall–Kier alpha value is -1.69. The van der Waals surface area contributed by atoms with Crippen molar-refractivity contribution >= 4 is 32.4 Å². The number of hydrogen-bond donors (Lipinski definition) is 1. The zero-order valence-electron chi connectivity index (χ0n) is 7.35. The first-order valence-electron chi connectivity index (χ1n) is 3.89. The van der Waals surface area contributed by atoms with Gasteiger partial charge in [-0.15, -0.1) is 0 Å². The molecule has 0 radical (unpaired) electrons. The van der Waals surface area contributed by atoms with Crippen molar-refractivity contribution in [3.05, 3.63) is 27.8 Å². The highest BCUT2D eigenvalue weighted by molar-refractivity contribution is 7.22. The van der Waals surface area contributed by atoms with Crippen LogP contribution in [0.1, 0.15) is 5.56 Å². The number of nitro benzene ring substituents is 1. The normalized spacial score (nSPS) is 10.6. The quantitative estimate of drug-likeness (QED) is 0.575. The third-order valence-electron chi connectivity index (χ3n) is 1.83. The molecule has 0 saturated heterocycles. The van der Waals surface area contributed by atoms with Gasteiger partial charge in [-0.05, 0) is 18.6 Å². The highest BCUT2D eigenvalue weighted by Gasteiger charge is 2.16. The van der Waals surface area contributed by atoms with Crippen molar-refractivity contribution in [3.8, 4) is 0 Å². The number of nitro groups is 1. The van der Waals surface area contributed by atoms with Crippen LogP contribution in [0.4, 0.5) is 10.8 Å². The number of nitrogen functional groups attached to an aromatic ring is 1. The zero-order chi connectivity index (χ0) is 10.3. The number of nitrogens with zero attached hydrogens (tertiary/aromatic N) is 2. The van der Waals surface area contributed by atoms with Crippen molar-refractivity contribution < 1.29 is 4.92 Å². The van der Waals surface area contributed by atoms with Crippen LogP contribution in [0.5, 0.6) is 0 Å². The fourth-order valence-electron chi connectivity index (χ4n) is 1.30. The molecule has 0 aliphatic heterocycles. The van der Waals surface area contributed by atoms with Gasteiger partial charge in [0.05, 0.1) is 9.62 Å². The molecule has 72 valence electrons.